The van der Waals surface area contributed by atoms with Crippen molar-refractivity contribution in [1.29, 1.82) is 0 Å². The molecule has 1 aliphatic carbocycles. The molecule has 6 heteroatoms. The first-order chi connectivity index (χ1) is 15.2. The van der Waals surface area contributed by atoms with Crippen LogP contribution in [0.15, 0.2) is 47.8 Å². The molecule has 4 rings (SSSR count). The van der Waals surface area contributed by atoms with Crippen molar-refractivity contribution in [2.75, 3.05) is 26.2 Å². The van der Waals surface area contributed by atoms with Gasteiger partial charge in [0, 0.05) is 49.7 Å². The van der Waals surface area contributed by atoms with Crippen molar-refractivity contribution < 1.29 is 4.79 Å². The summed E-state index contributed by atoms with van der Waals surface area (Å²) in [4.78, 5) is 19.1. The highest BCUT2D eigenvalue weighted by molar-refractivity contribution is 7.10. The smallest absolute Gasteiger partial charge is 0.315 e. The number of hydrogen-bond acceptors (Lipinski definition) is 4. The fourth-order valence-electron chi connectivity index (χ4n) is 5.00. The van der Waals surface area contributed by atoms with Crippen LogP contribution in [0.3, 0.4) is 0 Å². The Morgan fingerprint density at radius 2 is 1.77 bits per heavy atom. The van der Waals surface area contributed by atoms with Crippen LogP contribution in [-0.4, -0.2) is 54.1 Å². The first-order valence-corrected chi connectivity index (χ1v) is 12.7. The predicted molar refractivity (Wildman–Crippen MR) is 128 cm³/mol. The molecule has 2 heterocycles. The highest BCUT2D eigenvalue weighted by Crippen LogP contribution is 2.29. The Bertz CT molecular complexity index is 783. The van der Waals surface area contributed by atoms with E-state index in [0.717, 1.165) is 45.6 Å². The standard InChI is InChI=1S/C25H36N4OS/c1-20(26-25(30)27-22-11-6-3-7-12-22)24(23-13-8-18-31-23)29-16-14-28(15-17-29)19-21-9-4-2-5-10-21/h2,4-5,8-10,13,18,20,22,24H,3,6-7,11-12,14-17,19H2,1H3,(H2,26,27,30)/t20-,24+/m0/s1. The Morgan fingerprint density at radius 3 is 2.45 bits per heavy atom. The van der Waals surface area contributed by atoms with E-state index in [1.807, 2.05) is 0 Å². The van der Waals surface area contributed by atoms with Gasteiger partial charge in [0.2, 0.25) is 0 Å². The van der Waals surface area contributed by atoms with E-state index in [1.165, 1.54) is 29.7 Å². The Morgan fingerprint density at radius 1 is 1.03 bits per heavy atom. The van der Waals surface area contributed by atoms with E-state index >= 15 is 0 Å². The van der Waals surface area contributed by atoms with Crippen LogP contribution in [0.4, 0.5) is 4.79 Å². The van der Waals surface area contributed by atoms with Gasteiger partial charge in [0.25, 0.3) is 0 Å². The molecule has 1 saturated carbocycles. The molecule has 2 aromatic rings. The first-order valence-electron chi connectivity index (χ1n) is 11.8. The van der Waals surface area contributed by atoms with E-state index < -0.39 is 0 Å². The maximum absolute atomic E-state index is 12.7. The van der Waals surface area contributed by atoms with Crippen LogP contribution in [0.5, 0.6) is 0 Å². The molecule has 5 nitrogen and oxygen atoms in total. The summed E-state index contributed by atoms with van der Waals surface area (Å²) in [7, 11) is 0. The van der Waals surface area contributed by atoms with Gasteiger partial charge in [-0.05, 0) is 36.8 Å². The largest absolute Gasteiger partial charge is 0.335 e. The van der Waals surface area contributed by atoms with Crippen LogP contribution in [0, 0.1) is 0 Å². The van der Waals surface area contributed by atoms with Gasteiger partial charge in [0.05, 0.1) is 6.04 Å². The molecule has 168 valence electrons. The molecule has 31 heavy (non-hydrogen) atoms. The molecule has 2 N–H and O–H groups in total. The van der Waals surface area contributed by atoms with Gasteiger partial charge in [-0.2, -0.15) is 0 Å². The number of benzene rings is 1. The molecule has 2 fully saturated rings. The number of nitrogens with one attached hydrogen (secondary N) is 2. The van der Waals surface area contributed by atoms with Crippen molar-refractivity contribution in [3.63, 3.8) is 0 Å². The molecule has 2 amide bonds. The van der Waals surface area contributed by atoms with E-state index in [1.54, 1.807) is 11.3 Å². The van der Waals surface area contributed by atoms with Gasteiger partial charge in [-0.3, -0.25) is 9.80 Å². The second-order valence-corrected chi connectivity index (χ2v) is 9.98. The lowest BCUT2D eigenvalue weighted by Gasteiger charge is -2.41. The quantitative estimate of drug-likeness (QED) is 0.660. The molecule has 0 radical (unpaired) electrons. The fraction of sp³-hybridized carbons (Fsp3) is 0.560. The number of piperazine rings is 1. The Labute approximate surface area is 190 Å². The number of hydrogen-bond donors (Lipinski definition) is 2. The lowest BCUT2D eigenvalue weighted by molar-refractivity contribution is 0.0796. The van der Waals surface area contributed by atoms with Crippen LogP contribution in [0.2, 0.25) is 0 Å². The molecule has 1 aliphatic heterocycles. The van der Waals surface area contributed by atoms with E-state index in [4.69, 9.17) is 0 Å². The Kier molecular flexibility index (Phi) is 8.00. The van der Waals surface area contributed by atoms with E-state index in [9.17, 15) is 4.79 Å². The number of rotatable bonds is 7. The van der Waals surface area contributed by atoms with Crippen LogP contribution in [0.1, 0.15) is 55.5 Å². The van der Waals surface area contributed by atoms with Gasteiger partial charge >= 0.3 is 6.03 Å². The molecule has 0 unspecified atom stereocenters. The zero-order valence-electron chi connectivity index (χ0n) is 18.6. The third-order valence-corrected chi connectivity index (χ3v) is 7.60. The third-order valence-electron chi connectivity index (χ3n) is 6.66. The highest BCUT2D eigenvalue weighted by Gasteiger charge is 2.31. The number of thiophene rings is 1. The number of nitrogens with zero attached hydrogens (tertiary/aromatic N) is 2. The maximum atomic E-state index is 12.7. The number of urea groups is 1. The minimum absolute atomic E-state index is 0.0105. The van der Waals surface area contributed by atoms with Crippen LogP contribution < -0.4 is 10.6 Å². The van der Waals surface area contributed by atoms with Gasteiger partial charge in [0.1, 0.15) is 0 Å². The van der Waals surface area contributed by atoms with Gasteiger partial charge < -0.3 is 10.6 Å². The average molecular weight is 441 g/mol. The van der Waals surface area contributed by atoms with Gasteiger partial charge in [-0.15, -0.1) is 11.3 Å². The topological polar surface area (TPSA) is 47.6 Å². The van der Waals surface area contributed by atoms with Crippen molar-refractivity contribution in [3.8, 4) is 0 Å². The predicted octanol–water partition coefficient (Wildman–Crippen LogP) is 4.63. The van der Waals surface area contributed by atoms with E-state index in [2.05, 4.69) is 75.2 Å². The zero-order chi connectivity index (χ0) is 21.5. The fourth-order valence-corrected chi connectivity index (χ4v) is 5.97. The summed E-state index contributed by atoms with van der Waals surface area (Å²) in [6.45, 7) is 7.31. The Hall–Kier alpha value is -1.89. The van der Waals surface area contributed by atoms with E-state index in [0.29, 0.717) is 6.04 Å². The molecule has 2 atom stereocenters. The summed E-state index contributed by atoms with van der Waals surface area (Å²) in [5.41, 5.74) is 1.38. The van der Waals surface area contributed by atoms with Crippen molar-refractivity contribution in [1.82, 2.24) is 20.4 Å². The lowest BCUT2D eigenvalue weighted by atomic mass is 9.96. The summed E-state index contributed by atoms with van der Waals surface area (Å²) < 4.78 is 0. The van der Waals surface area contributed by atoms with Gasteiger partial charge in [-0.25, -0.2) is 4.79 Å². The summed E-state index contributed by atoms with van der Waals surface area (Å²) >= 11 is 1.79. The Balaban J connectivity index is 1.34. The summed E-state index contributed by atoms with van der Waals surface area (Å²) in [5, 5.41) is 8.62. The van der Waals surface area contributed by atoms with Crippen molar-refractivity contribution in [2.45, 2.75) is 63.7 Å². The molecular weight excluding hydrogens is 404 g/mol. The highest BCUT2D eigenvalue weighted by atomic mass is 32.1. The number of carbonyl (C=O) groups excluding carboxylic acids is 1. The zero-order valence-corrected chi connectivity index (χ0v) is 19.4. The molecule has 2 aliphatic rings. The minimum atomic E-state index is -0.0105. The second-order valence-electron chi connectivity index (χ2n) is 9.00. The van der Waals surface area contributed by atoms with Crippen LogP contribution >= 0.6 is 11.3 Å². The van der Waals surface area contributed by atoms with Crippen molar-refractivity contribution in [2.24, 2.45) is 0 Å². The molecule has 0 bridgehead atoms. The van der Waals surface area contributed by atoms with E-state index in [-0.39, 0.29) is 18.1 Å². The summed E-state index contributed by atoms with van der Waals surface area (Å²) in [6, 6.07) is 15.6. The molecule has 1 aromatic heterocycles. The summed E-state index contributed by atoms with van der Waals surface area (Å²) in [5.74, 6) is 0. The SMILES string of the molecule is C[C@H](NC(=O)NC1CCCCC1)[C@H](c1cccs1)N1CCN(Cc2ccccc2)CC1. The first kappa shape index (κ1) is 22.3. The molecule has 1 saturated heterocycles. The van der Waals surface area contributed by atoms with Crippen molar-refractivity contribution >= 4 is 17.4 Å². The number of carbonyl (C=O) groups is 1. The van der Waals surface area contributed by atoms with Gasteiger partial charge in [0.15, 0.2) is 0 Å². The molecular formula is C25H36N4OS. The minimum Gasteiger partial charge on any atom is -0.335 e. The average Bonchev–Trinajstić information content (AvgIpc) is 3.31. The third kappa shape index (κ3) is 6.31. The monoisotopic (exact) mass is 440 g/mol. The van der Waals surface area contributed by atoms with Gasteiger partial charge in [-0.1, -0.05) is 55.7 Å². The lowest BCUT2D eigenvalue weighted by Crippen LogP contribution is -2.54. The van der Waals surface area contributed by atoms with Crippen molar-refractivity contribution in [3.05, 3.63) is 58.3 Å². The van der Waals surface area contributed by atoms with Crippen LogP contribution in [0.25, 0.3) is 0 Å². The molecule has 1 aromatic carbocycles. The molecule has 0 spiro atoms. The number of amides is 2. The normalized spacial score (nSPS) is 20.8. The second kappa shape index (κ2) is 11.1. The maximum Gasteiger partial charge on any atom is 0.315 e. The van der Waals surface area contributed by atoms with Crippen LogP contribution in [-0.2, 0) is 6.54 Å². The summed E-state index contributed by atoms with van der Waals surface area (Å²) in [6.07, 6.45) is 5.98.